The second kappa shape index (κ2) is 4.85. The lowest BCUT2D eigenvalue weighted by molar-refractivity contribution is 0.157. The molecule has 0 fully saturated rings. The van der Waals surface area contributed by atoms with Crippen LogP contribution in [0.2, 0.25) is 0 Å². The van der Waals surface area contributed by atoms with Gasteiger partial charge < -0.3 is 4.74 Å². The van der Waals surface area contributed by atoms with Crippen LogP contribution in [0.4, 0.5) is 0 Å². The van der Waals surface area contributed by atoms with E-state index in [1.165, 1.54) is 0 Å². The van der Waals surface area contributed by atoms with Gasteiger partial charge in [0.05, 0.1) is 6.61 Å². The molecule has 0 heterocycles. The summed E-state index contributed by atoms with van der Waals surface area (Å²) < 4.78 is 5.14. The van der Waals surface area contributed by atoms with Crippen LogP contribution in [-0.4, -0.2) is 13.2 Å². The van der Waals surface area contributed by atoms with E-state index in [4.69, 9.17) is 4.74 Å². The van der Waals surface area contributed by atoms with E-state index in [0.717, 1.165) is 18.6 Å². The van der Waals surface area contributed by atoms with Gasteiger partial charge in [-0.05, 0) is 13.3 Å². The third-order valence-corrected chi connectivity index (χ3v) is 0.697. The molecular weight excluding hydrogens is 100 g/mol. The Morgan fingerprint density at radius 3 is 2.62 bits per heavy atom. The maximum Gasteiger partial charge on any atom is 0.0671 e. The maximum atomic E-state index is 5.14. The quantitative estimate of drug-likeness (QED) is 0.401. The molecule has 0 aliphatic heterocycles. The Balaban J connectivity index is 2.82. The van der Waals surface area contributed by atoms with Gasteiger partial charge in [0.2, 0.25) is 0 Å². The van der Waals surface area contributed by atoms with E-state index in [1.54, 1.807) is 0 Å². The van der Waals surface area contributed by atoms with Gasteiger partial charge in [-0.3, -0.25) is 0 Å². The van der Waals surface area contributed by atoms with Crippen molar-refractivity contribution in [1.82, 2.24) is 0 Å². The Kier molecular flexibility index (Phi) is 4.67. The molecule has 48 valence electrons. The third-order valence-electron chi connectivity index (χ3n) is 0.697. The molecule has 1 nitrogen and oxygen atoms in total. The molecule has 1 heteroatoms. The molecule has 0 aromatic rings. The predicted molar refractivity (Wildman–Crippen MR) is 35.9 cm³/mol. The molecule has 0 amide bonds. The average Bonchev–Trinajstić information content (AvgIpc) is 1.66. The van der Waals surface area contributed by atoms with Gasteiger partial charge >= 0.3 is 0 Å². The van der Waals surface area contributed by atoms with Gasteiger partial charge in [-0.1, -0.05) is 19.1 Å². The number of hydrogen-bond donors (Lipinski definition) is 0. The molecule has 0 rings (SSSR count). The van der Waals surface area contributed by atoms with Gasteiger partial charge in [0, 0.05) is 6.61 Å². The Morgan fingerprint density at radius 2 is 2.25 bits per heavy atom. The van der Waals surface area contributed by atoms with Crippen LogP contribution in [0.15, 0.2) is 12.2 Å². The largest absolute Gasteiger partial charge is 0.377 e. The first-order chi connectivity index (χ1) is 3.77. The normalized spacial score (nSPS) is 9.25. The molecule has 0 saturated heterocycles. The van der Waals surface area contributed by atoms with Crippen LogP contribution in [0.3, 0.4) is 0 Å². The minimum Gasteiger partial charge on any atom is -0.377 e. The van der Waals surface area contributed by atoms with Crippen molar-refractivity contribution in [1.29, 1.82) is 0 Å². The first kappa shape index (κ1) is 7.70. The summed E-state index contributed by atoms with van der Waals surface area (Å²) in [6.07, 6.45) is 1.09. The second-order valence-corrected chi connectivity index (χ2v) is 2.01. The molecule has 0 atom stereocenters. The van der Waals surface area contributed by atoms with Crippen LogP contribution in [0.25, 0.3) is 0 Å². The van der Waals surface area contributed by atoms with E-state index in [0.29, 0.717) is 6.61 Å². The highest BCUT2D eigenvalue weighted by Gasteiger charge is 1.82. The zero-order chi connectivity index (χ0) is 6.41. The third kappa shape index (κ3) is 5.70. The van der Waals surface area contributed by atoms with Gasteiger partial charge in [0.1, 0.15) is 0 Å². The summed E-state index contributed by atoms with van der Waals surface area (Å²) in [6, 6.07) is 0. The van der Waals surface area contributed by atoms with Gasteiger partial charge in [-0.15, -0.1) is 0 Å². The maximum absolute atomic E-state index is 5.14. The average molecular weight is 114 g/mol. The highest BCUT2D eigenvalue weighted by Crippen LogP contribution is 1.88. The first-order valence-electron chi connectivity index (χ1n) is 2.99. The summed E-state index contributed by atoms with van der Waals surface area (Å²) in [5.74, 6) is 0. The Bertz CT molecular complexity index is 66.8. The predicted octanol–water partition coefficient (Wildman–Crippen LogP) is 1.99. The van der Waals surface area contributed by atoms with Crippen LogP contribution < -0.4 is 0 Å². The van der Waals surface area contributed by atoms with Crippen LogP contribution in [0, 0.1) is 0 Å². The standard InChI is InChI=1S/C7H14O/c1-4-5-8-6-7(2)3/h2,4-6H2,1,3H3. The molecule has 8 heavy (non-hydrogen) atoms. The molecule has 0 aliphatic carbocycles. The fraction of sp³-hybridized carbons (Fsp3) is 0.714. The molecule has 0 aliphatic rings. The highest BCUT2D eigenvalue weighted by atomic mass is 16.5. The summed E-state index contributed by atoms with van der Waals surface area (Å²) in [7, 11) is 0. The molecule has 0 unspecified atom stereocenters. The lowest BCUT2D eigenvalue weighted by Gasteiger charge is -1.98. The van der Waals surface area contributed by atoms with Gasteiger partial charge in [-0.25, -0.2) is 0 Å². The van der Waals surface area contributed by atoms with Crippen molar-refractivity contribution in [3.8, 4) is 0 Å². The summed E-state index contributed by atoms with van der Waals surface area (Å²) in [6.45, 7) is 9.34. The van der Waals surface area contributed by atoms with E-state index < -0.39 is 0 Å². The molecule has 0 spiro atoms. The topological polar surface area (TPSA) is 9.23 Å². The van der Waals surface area contributed by atoms with Crippen LogP contribution in [0.5, 0.6) is 0 Å². The van der Waals surface area contributed by atoms with Crippen molar-refractivity contribution in [3.05, 3.63) is 12.2 Å². The molecule has 0 radical (unpaired) electrons. The van der Waals surface area contributed by atoms with Crippen molar-refractivity contribution >= 4 is 0 Å². The zero-order valence-electron chi connectivity index (χ0n) is 5.74. The Morgan fingerprint density at radius 1 is 1.62 bits per heavy atom. The minimum absolute atomic E-state index is 0.716. The lowest BCUT2D eigenvalue weighted by atomic mass is 10.4. The van der Waals surface area contributed by atoms with Gasteiger partial charge in [0.25, 0.3) is 0 Å². The second-order valence-electron chi connectivity index (χ2n) is 2.01. The van der Waals surface area contributed by atoms with Gasteiger partial charge in [0.15, 0.2) is 0 Å². The zero-order valence-corrected chi connectivity index (χ0v) is 5.74. The van der Waals surface area contributed by atoms with Crippen LogP contribution >= 0.6 is 0 Å². The number of hydrogen-bond acceptors (Lipinski definition) is 1. The van der Waals surface area contributed by atoms with E-state index in [9.17, 15) is 0 Å². The molecule has 0 bridgehead atoms. The molecular formula is C7H14O. The van der Waals surface area contributed by atoms with Crippen LogP contribution in [-0.2, 0) is 4.74 Å². The Labute approximate surface area is 51.4 Å². The molecule has 0 aromatic heterocycles. The summed E-state index contributed by atoms with van der Waals surface area (Å²) in [4.78, 5) is 0. The summed E-state index contributed by atoms with van der Waals surface area (Å²) >= 11 is 0. The molecule has 0 N–H and O–H groups in total. The highest BCUT2D eigenvalue weighted by molar-refractivity contribution is 4.87. The summed E-state index contributed by atoms with van der Waals surface area (Å²) in [5, 5.41) is 0. The number of rotatable bonds is 4. The summed E-state index contributed by atoms with van der Waals surface area (Å²) in [5.41, 5.74) is 1.10. The minimum atomic E-state index is 0.716. The van der Waals surface area contributed by atoms with E-state index >= 15 is 0 Å². The van der Waals surface area contributed by atoms with E-state index in [-0.39, 0.29) is 0 Å². The lowest BCUT2D eigenvalue weighted by Crippen LogP contribution is -1.94. The van der Waals surface area contributed by atoms with Crippen molar-refractivity contribution in [2.45, 2.75) is 20.3 Å². The van der Waals surface area contributed by atoms with E-state index in [1.807, 2.05) is 6.92 Å². The molecule has 0 saturated carbocycles. The fourth-order valence-electron chi connectivity index (χ4n) is 0.391. The van der Waals surface area contributed by atoms with Crippen molar-refractivity contribution in [2.75, 3.05) is 13.2 Å². The van der Waals surface area contributed by atoms with E-state index in [2.05, 4.69) is 13.5 Å². The smallest absolute Gasteiger partial charge is 0.0671 e. The van der Waals surface area contributed by atoms with Gasteiger partial charge in [-0.2, -0.15) is 0 Å². The Hall–Kier alpha value is -0.300. The van der Waals surface area contributed by atoms with Crippen LogP contribution in [0.1, 0.15) is 20.3 Å². The van der Waals surface area contributed by atoms with Crippen molar-refractivity contribution < 1.29 is 4.74 Å². The monoisotopic (exact) mass is 114 g/mol. The number of ether oxygens (including phenoxy) is 1. The molecule has 0 aromatic carbocycles. The fourth-order valence-corrected chi connectivity index (χ4v) is 0.391. The SMILES string of the molecule is C=C(C)COCCC. The first-order valence-corrected chi connectivity index (χ1v) is 2.99. The van der Waals surface area contributed by atoms with Crippen molar-refractivity contribution in [3.63, 3.8) is 0 Å². The van der Waals surface area contributed by atoms with Crippen molar-refractivity contribution in [2.24, 2.45) is 0 Å².